The van der Waals surface area contributed by atoms with Gasteiger partial charge in [-0.15, -0.1) is 0 Å². The van der Waals surface area contributed by atoms with Crippen molar-refractivity contribution in [2.75, 3.05) is 13.7 Å². The fraction of sp³-hybridized carbons (Fsp3) is 0.211. The molecular weight excluding hydrogens is 401 g/mol. The van der Waals surface area contributed by atoms with Gasteiger partial charge >= 0.3 is 11.7 Å². The summed E-state index contributed by atoms with van der Waals surface area (Å²) in [5, 5.41) is 10.8. The van der Waals surface area contributed by atoms with Crippen molar-refractivity contribution < 1.29 is 28.1 Å². The third-order valence-corrected chi connectivity index (χ3v) is 4.27. The number of nitro groups is 1. The SMILES string of the molecule is CN(Cc1ccc(F)cc1)C(=O)COC(=O)Cn1c(=O)oc2cc([N+](=O)[O-])ccc21. The standard InChI is InChI=1S/C19H16FN3O7/c1-21(9-12-2-4-13(20)5-3-12)17(24)11-29-18(25)10-22-15-7-6-14(23(27)28)8-16(15)30-19(22)26/h2-8H,9-11H2,1H3. The molecule has 11 heteroatoms. The first-order valence-electron chi connectivity index (χ1n) is 8.66. The maximum Gasteiger partial charge on any atom is 0.420 e. The van der Waals surface area contributed by atoms with Crippen molar-refractivity contribution in [3.63, 3.8) is 0 Å². The Hall–Kier alpha value is -4.02. The molecular formula is C19H16FN3O7. The van der Waals surface area contributed by atoms with Gasteiger partial charge < -0.3 is 14.1 Å². The van der Waals surface area contributed by atoms with Crippen LogP contribution in [0.25, 0.3) is 11.1 Å². The Morgan fingerprint density at radius 3 is 2.60 bits per heavy atom. The van der Waals surface area contributed by atoms with Crippen LogP contribution in [0.1, 0.15) is 5.56 Å². The highest BCUT2D eigenvalue weighted by atomic mass is 19.1. The molecule has 0 saturated heterocycles. The first-order valence-corrected chi connectivity index (χ1v) is 8.66. The molecule has 0 fully saturated rings. The molecule has 0 saturated carbocycles. The fourth-order valence-electron chi connectivity index (χ4n) is 2.70. The van der Waals surface area contributed by atoms with Gasteiger partial charge in [0.2, 0.25) is 0 Å². The quantitative estimate of drug-likeness (QED) is 0.326. The summed E-state index contributed by atoms with van der Waals surface area (Å²) in [5.74, 6) is -2.63. The van der Waals surface area contributed by atoms with Gasteiger partial charge in [0.25, 0.3) is 11.6 Å². The zero-order chi connectivity index (χ0) is 21.8. The van der Waals surface area contributed by atoms with E-state index >= 15 is 0 Å². The summed E-state index contributed by atoms with van der Waals surface area (Å²) in [6.07, 6.45) is 0. The Kier molecular flexibility index (Phi) is 5.90. The lowest BCUT2D eigenvalue weighted by Gasteiger charge is -2.17. The number of hydrogen-bond acceptors (Lipinski definition) is 7. The fourth-order valence-corrected chi connectivity index (χ4v) is 2.70. The summed E-state index contributed by atoms with van der Waals surface area (Å²) in [6, 6.07) is 9.15. The monoisotopic (exact) mass is 417 g/mol. The van der Waals surface area contributed by atoms with Crippen molar-refractivity contribution in [3.8, 4) is 0 Å². The number of benzene rings is 2. The highest BCUT2D eigenvalue weighted by molar-refractivity contribution is 5.81. The zero-order valence-electron chi connectivity index (χ0n) is 15.7. The summed E-state index contributed by atoms with van der Waals surface area (Å²) < 4.78 is 23.7. The molecule has 0 radical (unpaired) electrons. The Labute approximate surface area is 168 Å². The largest absolute Gasteiger partial charge is 0.454 e. The molecule has 0 aliphatic carbocycles. The van der Waals surface area contributed by atoms with Crippen molar-refractivity contribution in [1.29, 1.82) is 0 Å². The molecule has 1 amide bonds. The van der Waals surface area contributed by atoms with E-state index in [4.69, 9.17) is 9.15 Å². The molecule has 3 rings (SSSR count). The normalized spacial score (nSPS) is 10.7. The van der Waals surface area contributed by atoms with Crippen LogP contribution in [-0.4, -0.2) is 39.9 Å². The molecule has 0 unspecified atom stereocenters. The zero-order valence-corrected chi connectivity index (χ0v) is 15.7. The Bertz CT molecular complexity index is 1170. The molecule has 1 heterocycles. The van der Waals surface area contributed by atoms with E-state index in [0.717, 1.165) is 10.6 Å². The van der Waals surface area contributed by atoms with Gasteiger partial charge in [-0.25, -0.2) is 9.18 Å². The second kappa shape index (κ2) is 8.55. The van der Waals surface area contributed by atoms with Gasteiger partial charge in [-0.2, -0.15) is 0 Å². The van der Waals surface area contributed by atoms with Crippen LogP contribution in [-0.2, 0) is 27.4 Å². The molecule has 1 aromatic heterocycles. The number of non-ortho nitro benzene ring substituents is 1. The van der Waals surface area contributed by atoms with E-state index in [2.05, 4.69) is 0 Å². The number of ether oxygens (including phenoxy) is 1. The minimum absolute atomic E-state index is 0.0443. The van der Waals surface area contributed by atoms with E-state index in [1.54, 1.807) is 0 Å². The lowest BCUT2D eigenvalue weighted by Crippen LogP contribution is -2.32. The predicted molar refractivity (Wildman–Crippen MR) is 101 cm³/mol. The van der Waals surface area contributed by atoms with E-state index in [1.165, 1.54) is 48.3 Å². The molecule has 0 atom stereocenters. The number of fused-ring (bicyclic) bond motifs is 1. The second-order valence-electron chi connectivity index (χ2n) is 6.40. The van der Waals surface area contributed by atoms with Gasteiger partial charge in [0.05, 0.1) is 16.5 Å². The smallest absolute Gasteiger partial charge is 0.420 e. The molecule has 2 aromatic carbocycles. The number of oxazole rings is 1. The van der Waals surface area contributed by atoms with Crippen molar-refractivity contribution in [1.82, 2.24) is 9.47 Å². The number of nitro benzene ring substituents is 1. The average Bonchev–Trinajstić information content (AvgIpc) is 3.02. The summed E-state index contributed by atoms with van der Waals surface area (Å²) in [7, 11) is 1.50. The van der Waals surface area contributed by atoms with Gasteiger partial charge in [-0.3, -0.25) is 24.3 Å². The number of halogens is 1. The molecule has 3 aromatic rings. The third kappa shape index (κ3) is 4.69. The average molecular weight is 417 g/mol. The van der Waals surface area contributed by atoms with Crippen molar-refractivity contribution in [2.45, 2.75) is 13.1 Å². The number of amides is 1. The van der Waals surface area contributed by atoms with Crippen molar-refractivity contribution >= 4 is 28.7 Å². The van der Waals surface area contributed by atoms with Crippen LogP contribution in [0.2, 0.25) is 0 Å². The minimum atomic E-state index is -0.887. The Morgan fingerprint density at radius 2 is 1.93 bits per heavy atom. The van der Waals surface area contributed by atoms with Crippen LogP contribution in [0.15, 0.2) is 51.7 Å². The Morgan fingerprint density at radius 1 is 1.23 bits per heavy atom. The molecule has 0 N–H and O–H groups in total. The summed E-state index contributed by atoms with van der Waals surface area (Å²) in [4.78, 5) is 47.6. The van der Waals surface area contributed by atoms with Crippen LogP contribution in [0, 0.1) is 15.9 Å². The number of carbonyl (C=O) groups is 2. The van der Waals surface area contributed by atoms with E-state index in [0.29, 0.717) is 5.56 Å². The van der Waals surface area contributed by atoms with Gasteiger partial charge in [0, 0.05) is 19.7 Å². The number of likely N-dealkylation sites (N-methyl/N-ethyl adjacent to an activating group) is 1. The minimum Gasteiger partial charge on any atom is -0.454 e. The summed E-state index contributed by atoms with van der Waals surface area (Å²) in [5.41, 5.74) is 0.573. The number of hydrogen-bond donors (Lipinski definition) is 0. The molecule has 10 nitrogen and oxygen atoms in total. The topological polar surface area (TPSA) is 125 Å². The molecule has 30 heavy (non-hydrogen) atoms. The van der Waals surface area contributed by atoms with Crippen LogP contribution in [0.4, 0.5) is 10.1 Å². The van der Waals surface area contributed by atoms with E-state index in [-0.39, 0.29) is 23.3 Å². The summed E-state index contributed by atoms with van der Waals surface area (Å²) in [6.45, 7) is -0.883. The van der Waals surface area contributed by atoms with Crippen LogP contribution in [0.3, 0.4) is 0 Å². The van der Waals surface area contributed by atoms with Crippen LogP contribution in [0.5, 0.6) is 0 Å². The van der Waals surface area contributed by atoms with Crippen LogP contribution >= 0.6 is 0 Å². The van der Waals surface area contributed by atoms with E-state index < -0.39 is 41.5 Å². The third-order valence-electron chi connectivity index (χ3n) is 4.27. The van der Waals surface area contributed by atoms with E-state index in [9.17, 15) is 28.9 Å². The lowest BCUT2D eigenvalue weighted by atomic mass is 10.2. The molecule has 0 spiro atoms. The second-order valence-corrected chi connectivity index (χ2v) is 6.40. The first-order chi connectivity index (χ1) is 14.2. The highest BCUT2D eigenvalue weighted by Crippen LogP contribution is 2.20. The van der Waals surface area contributed by atoms with Gasteiger partial charge in [-0.05, 0) is 23.8 Å². The molecule has 0 aliphatic heterocycles. The van der Waals surface area contributed by atoms with Crippen molar-refractivity contribution in [2.24, 2.45) is 0 Å². The highest BCUT2D eigenvalue weighted by Gasteiger charge is 2.18. The first kappa shape index (κ1) is 20.7. The van der Waals surface area contributed by atoms with Crippen LogP contribution < -0.4 is 5.76 Å². The maximum absolute atomic E-state index is 12.9. The number of esters is 1. The lowest BCUT2D eigenvalue weighted by molar-refractivity contribution is -0.384. The molecule has 0 aliphatic rings. The molecule has 156 valence electrons. The molecule has 0 bridgehead atoms. The van der Waals surface area contributed by atoms with Crippen molar-refractivity contribution in [3.05, 3.63) is 74.5 Å². The number of nitrogens with zero attached hydrogens (tertiary/aromatic N) is 3. The maximum atomic E-state index is 12.9. The Balaban J connectivity index is 1.59. The van der Waals surface area contributed by atoms with Gasteiger partial charge in [-0.1, -0.05) is 12.1 Å². The predicted octanol–water partition coefficient (Wildman–Crippen LogP) is 1.84. The number of aromatic nitrogens is 1. The number of rotatable bonds is 7. The number of carbonyl (C=O) groups excluding carboxylic acids is 2. The van der Waals surface area contributed by atoms with E-state index in [1.807, 2.05) is 0 Å². The summed E-state index contributed by atoms with van der Waals surface area (Å²) >= 11 is 0. The van der Waals surface area contributed by atoms with Gasteiger partial charge in [0.1, 0.15) is 12.4 Å². The van der Waals surface area contributed by atoms with Gasteiger partial charge in [0.15, 0.2) is 12.2 Å².